The van der Waals surface area contributed by atoms with Crippen LogP contribution in [0.5, 0.6) is 5.75 Å². The number of carboxylic acid groups (broad SMARTS) is 1. The normalized spacial score (nSPS) is 19.3. The molecule has 1 aromatic carbocycles. The molecule has 6 heteroatoms. The molecule has 1 fully saturated rings. The number of anilines is 1. The van der Waals surface area contributed by atoms with Crippen molar-refractivity contribution in [3.63, 3.8) is 0 Å². The molecule has 0 spiro atoms. The van der Waals surface area contributed by atoms with Crippen molar-refractivity contribution in [3.05, 3.63) is 24.3 Å². The first-order chi connectivity index (χ1) is 9.13. The van der Waals surface area contributed by atoms with Crippen molar-refractivity contribution in [2.45, 2.75) is 12.5 Å². The third-order valence-electron chi connectivity index (χ3n) is 2.91. The number of morpholine rings is 1. The summed E-state index contributed by atoms with van der Waals surface area (Å²) in [6.45, 7) is 0.692. The summed E-state index contributed by atoms with van der Waals surface area (Å²) in [7, 11) is 1.53. The van der Waals surface area contributed by atoms with Gasteiger partial charge in [0.1, 0.15) is 11.9 Å². The molecule has 1 aromatic rings. The molecule has 1 unspecified atom stereocenters. The van der Waals surface area contributed by atoms with Gasteiger partial charge >= 0.3 is 5.97 Å². The summed E-state index contributed by atoms with van der Waals surface area (Å²) < 4.78 is 10.4. The van der Waals surface area contributed by atoms with Crippen molar-refractivity contribution < 1.29 is 24.2 Å². The van der Waals surface area contributed by atoms with E-state index in [0.717, 1.165) is 0 Å². The maximum Gasteiger partial charge on any atom is 0.306 e. The predicted octanol–water partition coefficient (Wildman–Crippen LogP) is 0.902. The van der Waals surface area contributed by atoms with Crippen LogP contribution in [0.15, 0.2) is 24.3 Å². The van der Waals surface area contributed by atoms with Gasteiger partial charge in [0.25, 0.3) is 5.91 Å². The number of methoxy groups -OCH3 is 1. The standard InChI is InChI=1S/C13H15NO5/c1-18-10-5-3-2-4-9(10)14-6-7-19-11(13(14)17)8-12(15)16/h2-5,11H,6-8H2,1H3,(H,15,16). The minimum absolute atomic E-state index is 0.307. The number of benzene rings is 1. The molecule has 0 bridgehead atoms. The van der Waals surface area contributed by atoms with Gasteiger partial charge in [0.05, 0.1) is 25.8 Å². The highest BCUT2D eigenvalue weighted by Gasteiger charge is 2.33. The number of ether oxygens (including phenoxy) is 2. The lowest BCUT2D eigenvalue weighted by atomic mass is 10.1. The third-order valence-corrected chi connectivity index (χ3v) is 2.91. The highest BCUT2D eigenvalue weighted by Crippen LogP contribution is 2.29. The smallest absolute Gasteiger partial charge is 0.306 e. The van der Waals surface area contributed by atoms with Gasteiger partial charge < -0.3 is 19.5 Å². The number of carboxylic acids is 1. The van der Waals surface area contributed by atoms with E-state index in [2.05, 4.69) is 0 Å². The minimum Gasteiger partial charge on any atom is -0.495 e. The first kappa shape index (κ1) is 13.4. The van der Waals surface area contributed by atoms with Gasteiger partial charge in [-0.25, -0.2) is 0 Å². The van der Waals surface area contributed by atoms with E-state index in [-0.39, 0.29) is 12.3 Å². The van der Waals surface area contributed by atoms with E-state index >= 15 is 0 Å². The fourth-order valence-electron chi connectivity index (χ4n) is 2.04. The first-order valence-corrected chi connectivity index (χ1v) is 5.91. The molecule has 1 N–H and O–H groups in total. The number of aliphatic carboxylic acids is 1. The summed E-state index contributed by atoms with van der Waals surface area (Å²) in [5, 5.41) is 8.77. The summed E-state index contributed by atoms with van der Waals surface area (Å²) in [5.41, 5.74) is 0.633. The van der Waals surface area contributed by atoms with Gasteiger partial charge in [0.15, 0.2) is 0 Å². The fourth-order valence-corrected chi connectivity index (χ4v) is 2.04. The third kappa shape index (κ3) is 2.85. The molecular formula is C13H15NO5. The topological polar surface area (TPSA) is 76.1 Å². The van der Waals surface area contributed by atoms with Gasteiger partial charge in [0, 0.05) is 6.54 Å². The molecule has 1 aliphatic rings. The number of para-hydroxylation sites is 2. The van der Waals surface area contributed by atoms with E-state index < -0.39 is 12.1 Å². The molecule has 6 nitrogen and oxygen atoms in total. The molecule has 102 valence electrons. The Bertz CT molecular complexity index is 488. The lowest BCUT2D eigenvalue weighted by Gasteiger charge is -2.32. The molecule has 1 amide bonds. The number of nitrogens with zero attached hydrogens (tertiary/aromatic N) is 1. The van der Waals surface area contributed by atoms with E-state index in [4.69, 9.17) is 14.6 Å². The number of hydrogen-bond donors (Lipinski definition) is 1. The van der Waals surface area contributed by atoms with Crippen LogP contribution in [0.4, 0.5) is 5.69 Å². The van der Waals surface area contributed by atoms with E-state index in [9.17, 15) is 9.59 Å². The number of carbonyl (C=O) groups is 2. The molecule has 19 heavy (non-hydrogen) atoms. The van der Waals surface area contributed by atoms with Gasteiger partial charge in [-0.3, -0.25) is 9.59 Å². The van der Waals surface area contributed by atoms with Crippen LogP contribution in [0.25, 0.3) is 0 Å². The Hall–Kier alpha value is -2.08. The molecule has 1 saturated heterocycles. The molecule has 0 radical (unpaired) electrons. The molecule has 1 heterocycles. The van der Waals surface area contributed by atoms with Gasteiger partial charge in [-0.15, -0.1) is 0 Å². The predicted molar refractivity (Wildman–Crippen MR) is 67.3 cm³/mol. The first-order valence-electron chi connectivity index (χ1n) is 5.91. The number of amides is 1. The van der Waals surface area contributed by atoms with Crippen molar-refractivity contribution in [2.24, 2.45) is 0 Å². The van der Waals surface area contributed by atoms with Crippen molar-refractivity contribution in [3.8, 4) is 5.75 Å². The summed E-state index contributed by atoms with van der Waals surface area (Å²) in [6.07, 6.45) is -1.26. The van der Waals surface area contributed by atoms with E-state index in [0.29, 0.717) is 24.6 Å². The lowest BCUT2D eigenvalue weighted by Crippen LogP contribution is -2.48. The van der Waals surface area contributed by atoms with E-state index in [1.54, 1.807) is 18.2 Å². The summed E-state index contributed by atoms with van der Waals surface area (Å²) in [5.74, 6) is -0.829. The largest absolute Gasteiger partial charge is 0.495 e. The Balaban J connectivity index is 2.24. The second-order valence-electron chi connectivity index (χ2n) is 4.12. The van der Waals surface area contributed by atoms with E-state index in [1.807, 2.05) is 6.07 Å². The zero-order valence-electron chi connectivity index (χ0n) is 10.5. The van der Waals surface area contributed by atoms with E-state index in [1.165, 1.54) is 12.0 Å². The Morgan fingerprint density at radius 2 is 2.26 bits per heavy atom. The highest BCUT2D eigenvalue weighted by molar-refractivity contribution is 5.99. The monoisotopic (exact) mass is 265 g/mol. The average molecular weight is 265 g/mol. The van der Waals surface area contributed by atoms with Crippen molar-refractivity contribution >= 4 is 17.6 Å². The van der Waals surface area contributed by atoms with Gasteiger partial charge in [0.2, 0.25) is 0 Å². The molecule has 0 aliphatic carbocycles. The van der Waals surface area contributed by atoms with Crippen LogP contribution in [-0.4, -0.2) is 43.3 Å². The van der Waals surface area contributed by atoms with Gasteiger partial charge in [-0.1, -0.05) is 12.1 Å². The van der Waals surface area contributed by atoms with Crippen LogP contribution in [0.1, 0.15) is 6.42 Å². The molecule has 1 aliphatic heterocycles. The van der Waals surface area contributed by atoms with Crippen molar-refractivity contribution in [1.29, 1.82) is 0 Å². The fraction of sp³-hybridized carbons (Fsp3) is 0.385. The Kier molecular flexibility index (Phi) is 4.01. The minimum atomic E-state index is -1.06. The van der Waals surface area contributed by atoms with Crippen LogP contribution in [0, 0.1) is 0 Å². The van der Waals surface area contributed by atoms with Gasteiger partial charge in [-0.05, 0) is 12.1 Å². The number of hydrogen-bond acceptors (Lipinski definition) is 4. The second kappa shape index (κ2) is 5.71. The van der Waals surface area contributed by atoms with Crippen LogP contribution in [0.3, 0.4) is 0 Å². The van der Waals surface area contributed by atoms with Crippen molar-refractivity contribution in [2.75, 3.05) is 25.2 Å². The Labute approximate surface area is 110 Å². The molecule has 0 aromatic heterocycles. The second-order valence-corrected chi connectivity index (χ2v) is 4.12. The zero-order chi connectivity index (χ0) is 13.8. The molecule has 0 saturated carbocycles. The van der Waals surface area contributed by atoms with Crippen LogP contribution in [-0.2, 0) is 14.3 Å². The van der Waals surface area contributed by atoms with Crippen LogP contribution >= 0.6 is 0 Å². The summed E-state index contributed by atoms with van der Waals surface area (Å²) >= 11 is 0. The number of carbonyl (C=O) groups excluding carboxylic acids is 1. The molecule has 2 rings (SSSR count). The SMILES string of the molecule is COc1ccccc1N1CCOC(CC(=O)O)C1=O. The summed E-state index contributed by atoms with van der Waals surface area (Å²) in [4.78, 5) is 24.4. The van der Waals surface area contributed by atoms with Crippen LogP contribution in [0.2, 0.25) is 0 Å². The highest BCUT2D eigenvalue weighted by atomic mass is 16.5. The van der Waals surface area contributed by atoms with Crippen LogP contribution < -0.4 is 9.64 Å². The molecule has 1 atom stereocenters. The maximum atomic E-state index is 12.2. The quantitative estimate of drug-likeness (QED) is 0.875. The van der Waals surface area contributed by atoms with Gasteiger partial charge in [-0.2, -0.15) is 0 Å². The zero-order valence-corrected chi connectivity index (χ0v) is 10.5. The number of rotatable bonds is 4. The average Bonchev–Trinajstić information content (AvgIpc) is 2.41. The maximum absolute atomic E-state index is 12.2. The van der Waals surface area contributed by atoms with Crippen molar-refractivity contribution in [1.82, 2.24) is 0 Å². The summed E-state index contributed by atoms with van der Waals surface area (Å²) in [6, 6.07) is 7.12. The Morgan fingerprint density at radius 3 is 2.95 bits per heavy atom. The Morgan fingerprint density at radius 1 is 1.53 bits per heavy atom. The lowest BCUT2D eigenvalue weighted by molar-refractivity contribution is -0.147. The molecular weight excluding hydrogens is 250 g/mol.